The molecule has 0 saturated heterocycles. The molecule has 2 unspecified atom stereocenters. The number of carbonyl (C=O) groups excluding carboxylic acids is 1. The SMILES string of the molecule is CCC(C)C1N=C(c2ccccc2)c2cc(N(C)C)ccc2NC1=O. The van der Waals surface area contributed by atoms with Gasteiger partial charge in [0.2, 0.25) is 5.91 Å². The number of fused-ring (bicyclic) bond motifs is 1. The van der Waals surface area contributed by atoms with E-state index >= 15 is 0 Å². The highest BCUT2D eigenvalue weighted by Crippen LogP contribution is 2.30. The molecule has 25 heavy (non-hydrogen) atoms. The van der Waals surface area contributed by atoms with Crippen molar-refractivity contribution in [2.75, 3.05) is 24.3 Å². The summed E-state index contributed by atoms with van der Waals surface area (Å²) in [5.74, 6) is 0.153. The first-order valence-electron chi connectivity index (χ1n) is 8.77. The zero-order chi connectivity index (χ0) is 18.0. The van der Waals surface area contributed by atoms with E-state index in [0.717, 1.165) is 34.6 Å². The molecule has 0 bridgehead atoms. The molecule has 130 valence electrons. The van der Waals surface area contributed by atoms with Crippen LogP contribution in [0.3, 0.4) is 0 Å². The molecule has 2 atom stereocenters. The van der Waals surface area contributed by atoms with Gasteiger partial charge in [-0.1, -0.05) is 50.6 Å². The van der Waals surface area contributed by atoms with Crippen LogP contribution in [0.2, 0.25) is 0 Å². The highest BCUT2D eigenvalue weighted by atomic mass is 16.2. The summed E-state index contributed by atoms with van der Waals surface area (Å²) in [6.07, 6.45) is 0.906. The fourth-order valence-corrected chi connectivity index (χ4v) is 3.02. The van der Waals surface area contributed by atoms with Crippen molar-refractivity contribution >= 4 is 23.0 Å². The third-order valence-corrected chi connectivity index (χ3v) is 4.80. The second-order valence-electron chi connectivity index (χ2n) is 6.79. The van der Waals surface area contributed by atoms with Crippen molar-refractivity contribution in [3.8, 4) is 0 Å². The van der Waals surface area contributed by atoms with Gasteiger partial charge in [0, 0.05) is 30.9 Å². The van der Waals surface area contributed by atoms with Crippen molar-refractivity contribution in [2.45, 2.75) is 26.3 Å². The highest BCUT2D eigenvalue weighted by molar-refractivity contribution is 6.20. The smallest absolute Gasteiger partial charge is 0.249 e. The van der Waals surface area contributed by atoms with E-state index < -0.39 is 0 Å². The van der Waals surface area contributed by atoms with Gasteiger partial charge >= 0.3 is 0 Å². The first kappa shape index (κ1) is 17.2. The molecule has 0 fully saturated rings. The van der Waals surface area contributed by atoms with Crippen LogP contribution in [-0.2, 0) is 4.79 Å². The number of hydrogen-bond acceptors (Lipinski definition) is 3. The van der Waals surface area contributed by atoms with E-state index in [1.807, 2.05) is 44.4 Å². The number of rotatable bonds is 4. The van der Waals surface area contributed by atoms with Gasteiger partial charge in [-0.15, -0.1) is 0 Å². The molecule has 2 aromatic rings. The fourth-order valence-electron chi connectivity index (χ4n) is 3.02. The topological polar surface area (TPSA) is 44.7 Å². The van der Waals surface area contributed by atoms with Crippen LogP contribution in [0.15, 0.2) is 53.5 Å². The Labute approximate surface area is 149 Å². The Morgan fingerprint density at radius 3 is 2.52 bits per heavy atom. The van der Waals surface area contributed by atoms with Crippen molar-refractivity contribution in [1.82, 2.24) is 0 Å². The predicted molar refractivity (Wildman–Crippen MR) is 105 cm³/mol. The molecule has 0 spiro atoms. The van der Waals surface area contributed by atoms with Crippen LogP contribution in [0.4, 0.5) is 11.4 Å². The van der Waals surface area contributed by atoms with E-state index in [1.54, 1.807) is 0 Å². The normalized spacial score (nSPS) is 17.8. The monoisotopic (exact) mass is 335 g/mol. The molecular weight excluding hydrogens is 310 g/mol. The molecule has 0 radical (unpaired) electrons. The van der Waals surface area contributed by atoms with Crippen LogP contribution in [-0.4, -0.2) is 31.8 Å². The van der Waals surface area contributed by atoms with Crippen LogP contribution >= 0.6 is 0 Å². The third-order valence-electron chi connectivity index (χ3n) is 4.80. The van der Waals surface area contributed by atoms with E-state index in [1.165, 1.54) is 0 Å². The number of aliphatic imine (C=N–C) groups is 1. The molecule has 0 saturated carbocycles. The standard InChI is InChI=1S/C21H25N3O/c1-5-14(2)19-21(25)22-18-12-11-16(24(3)4)13-17(18)20(23-19)15-9-7-6-8-10-15/h6-14,19H,5H2,1-4H3,(H,22,25). The first-order valence-corrected chi connectivity index (χ1v) is 8.77. The summed E-state index contributed by atoms with van der Waals surface area (Å²) in [5.41, 5.74) is 4.78. The lowest BCUT2D eigenvalue weighted by Crippen LogP contribution is -2.31. The van der Waals surface area contributed by atoms with Crippen molar-refractivity contribution in [1.29, 1.82) is 0 Å². The summed E-state index contributed by atoms with van der Waals surface area (Å²) in [5, 5.41) is 3.08. The molecule has 0 aliphatic carbocycles. The molecule has 4 nitrogen and oxygen atoms in total. The van der Waals surface area contributed by atoms with Gasteiger partial charge in [-0.25, -0.2) is 0 Å². The van der Waals surface area contributed by atoms with Crippen LogP contribution in [0.5, 0.6) is 0 Å². The average molecular weight is 335 g/mol. The number of nitrogens with one attached hydrogen (secondary N) is 1. The van der Waals surface area contributed by atoms with Crippen LogP contribution in [0.25, 0.3) is 0 Å². The summed E-state index contributed by atoms with van der Waals surface area (Å²) < 4.78 is 0. The minimum absolute atomic E-state index is 0.0286. The Morgan fingerprint density at radius 2 is 1.88 bits per heavy atom. The van der Waals surface area contributed by atoms with Gasteiger partial charge in [0.05, 0.1) is 11.4 Å². The van der Waals surface area contributed by atoms with Crippen LogP contribution in [0, 0.1) is 5.92 Å². The van der Waals surface area contributed by atoms with Crippen molar-refractivity contribution in [3.05, 3.63) is 59.7 Å². The largest absolute Gasteiger partial charge is 0.378 e. The molecule has 1 heterocycles. The van der Waals surface area contributed by atoms with Gasteiger partial charge in [0.15, 0.2) is 0 Å². The van der Waals surface area contributed by atoms with Crippen LogP contribution in [0.1, 0.15) is 31.4 Å². The van der Waals surface area contributed by atoms with E-state index in [-0.39, 0.29) is 17.9 Å². The lowest BCUT2D eigenvalue weighted by Gasteiger charge is -2.17. The number of amides is 1. The minimum atomic E-state index is -0.379. The second kappa shape index (κ2) is 7.09. The van der Waals surface area contributed by atoms with Gasteiger partial charge in [-0.3, -0.25) is 9.79 Å². The molecule has 1 aliphatic rings. The molecule has 1 N–H and O–H groups in total. The third kappa shape index (κ3) is 3.43. The Morgan fingerprint density at radius 1 is 1.16 bits per heavy atom. The van der Waals surface area contributed by atoms with Gasteiger partial charge in [0.25, 0.3) is 0 Å². The number of hydrogen-bond donors (Lipinski definition) is 1. The zero-order valence-electron chi connectivity index (χ0n) is 15.3. The Hall–Kier alpha value is -2.62. The highest BCUT2D eigenvalue weighted by Gasteiger charge is 2.29. The number of carbonyl (C=O) groups is 1. The molecule has 3 rings (SSSR count). The molecule has 0 aromatic heterocycles. The maximum absolute atomic E-state index is 12.7. The number of benzodiazepines with no additional fused rings is 1. The summed E-state index contributed by atoms with van der Waals surface area (Å²) in [4.78, 5) is 19.7. The van der Waals surface area contributed by atoms with E-state index in [2.05, 4.69) is 42.3 Å². The maximum Gasteiger partial charge on any atom is 0.249 e. The summed E-state index contributed by atoms with van der Waals surface area (Å²) in [7, 11) is 4.02. The van der Waals surface area contributed by atoms with Gasteiger partial charge in [-0.05, 0) is 24.1 Å². The lowest BCUT2D eigenvalue weighted by atomic mass is 9.97. The van der Waals surface area contributed by atoms with Crippen molar-refractivity contribution < 1.29 is 4.79 Å². The summed E-state index contributed by atoms with van der Waals surface area (Å²) >= 11 is 0. The Kier molecular flexibility index (Phi) is 4.88. The molecule has 1 amide bonds. The van der Waals surface area contributed by atoms with Crippen LogP contribution < -0.4 is 10.2 Å². The van der Waals surface area contributed by atoms with E-state index in [4.69, 9.17) is 4.99 Å². The van der Waals surface area contributed by atoms with Gasteiger partial charge < -0.3 is 10.2 Å². The quantitative estimate of drug-likeness (QED) is 0.919. The van der Waals surface area contributed by atoms with Gasteiger partial charge in [-0.2, -0.15) is 0 Å². The predicted octanol–water partition coefficient (Wildman–Crippen LogP) is 3.96. The van der Waals surface area contributed by atoms with E-state index in [0.29, 0.717) is 0 Å². The number of anilines is 2. The summed E-state index contributed by atoms with van der Waals surface area (Å²) in [6.45, 7) is 4.18. The zero-order valence-corrected chi connectivity index (χ0v) is 15.3. The van der Waals surface area contributed by atoms with Crippen molar-refractivity contribution in [3.63, 3.8) is 0 Å². The fraction of sp³-hybridized carbons (Fsp3) is 0.333. The number of nitrogens with zero attached hydrogens (tertiary/aromatic N) is 2. The maximum atomic E-state index is 12.7. The van der Waals surface area contributed by atoms with Gasteiger partial charge in [0.1, 0.15) is 6.04 Å². The Bertz CT molecular complexity index is 796. The summed E-state index contributed by atoms with van der Waals surface area (Å²) in [6, 6.07) is 15.8. The number of benzene rings is 2. The second-order valence-corrected chi connectivity index (χ2v) is 6.79. The Balaban J connectivity index is 2.21. The molecule has 4 heteroatoms. The average Bonchev–Trinajstić information content (AvgIpc) is 2.77. The lowest BCUT2D eigenvalue weighted by molar-refractivity contribution is -0.118. The molecular formula is C21H25N3O. The van der Waals surface area contributed by atoms with Crippen molar-refractivity contribution in [2.24, 2.45) is 10.9 Å². The molecule has 2 aromatic carbocycles. The first-order chi connectivity index (χ1) is 12.0. The van der Waals surface area contributed by atoms with E-state index in [9.17, 15) is 4.79 Å². The minimum Gasteiger partial charge on any atom is -0.378 e. The molecule has 1 aliphatic heterocycles.